The van der Waals surface area contributed by atoms with Crippen LogP contribution in [0, 0.1) is 12.8 Å². The fraction of sp³-hybridized carbons (Fsp3) is 0.625. The first-order valence-electron chi connectivity index (χ1n) is 7.40. The molecule has 1 heterocycles. The SMILES string of the molecule is CCNCc1cc(C)ccc1N1CCC(CCO)C1. The fourth-order valence-corrected chi connectivity index (χ4v) is 2.89. The van der Waals surface area contributed by atoms with Gasteiger partial charge in [0.15, 0.2) is 0 Å². The van der Waals surface area contributed by atoms with Gasteiger partial charge in [0.1, 0.15) is 0 Å². The van der Waals surface area contributed by atoms with E-state index < -0.39 is 0 Å². The molecule has 1 atom stereocenters. The molecule has 1 aliphatic heterocycles. The zero-order valence-corrected chi connectivity index (χ0v) is 12.2. The minimum Gasteiger partial charge on any atom is -0.396 e. The van der Waals surface area contributed by atoms with Gasteiger partial charge in [-0.2, -0.15) is 0 Å². The van der Waals surface area contributed by atoms with Crippen LogP contribution in [0.1, 0.15) is 30.9 Å². The van der Waals surface area contributed by atoms with Crippen LogP contribution in [0.4, 0.5) is 5.69 Å². The van der Waals surface area contributed by atoms with Crippen LogP contribution in [-0.2, 0) is 6.54 Å². The molecule has 3 nitrogen and oxygen atoms in total. The third kappa shape index (κ3) is 3.71. The van der Waals surface area contributed by atoms with Gasteiger partial charge in [0.05, 0.1) is 0 Å². The van der Waals surface area contributed by atoms with Gasteiger partial charge in [-0.05, 0) is 43.9 Å². The first kappa shape index (κ1) is 14.4. The fourth-order valence-electron chi connectivity index (χ4n) is 2.89. The van der Waals surface area contributed by atoms with Crippen LogP contribution < -0.4 is 10.2 Å². The van der Waals surface area contributed by atoms with Crippen molar-refractivity contribution in [3.8, 4) is 0 Å². The largest absolute Gasteiger partial charge is 0.396 e. The normalized spacial score (nSPS) is 19.1. The van der Waals surface area contributed by atoms with Crippen molar-refractivity contribution >= 4 is 5.69 Å². The molecule has 2 N–H and O–H groups in total. The van der Waals surface area contributed by atoms with E-state index in [1.54, 1.807) is 0 Å². The quantitative estimate of drug-likeness (QED) is 0.826. The average molecular weight is 262 g/mol. The number of aliphatic hydroxyl groups excluding tert-OH is 1. The number of hydrogen-bond acceptors (Lipinski definition) is 3. The third-order valence-corrected chi connectivity index (χ3v) is 3.96. The van der Waals surface area contributed by atoms with Crippen LogP contribution in [0.2, 0.25) is 0 Å². The van der Waals surface area contributed by atoms with E-state index in [1.165, 1.54) is 23.2 Å². The van der Waals surface area contributed by atoms with Crippen molar-refractivity contribution in [2.75, 3.05) is 31.1 Å². The van der Waals surface area contributed by atoms with Crippen LogP contribution >= 0.6 is 0 Å². The summed E-state index contributed by atoms with van der Waals surface area (Å²) in [5, 5.41) is 12.5. The number of aryl methyl sites for hydroxylation is 1. The van der Waals surface area contributed by atoms with Crippen LogP contribution in [0.25, 0.3) is 0 Å². The Bertz CT molecular complexity index is 406. The zero-order chi connectivity index (χ0) is 13.7. The molecule has 0 amide bonds. The smallest absolute Gasteiger partial charge is 0.0434 e. The van der Waals surface area contributed by atoms with Crippen molar-refractivity contribution in [2.45, 2.75) is 33.2 Å². The van der Waals surface area contributed by atoms with E-state index in [9.17, 15) is 0 Å². The summed E-state index contributed by atoms with van der Waals surface area (Å²) >= 11 is 0. The van der Waals surface area contributed by atoms with E-state index >= 15 is 0 Å². The molecule has 1 fully saturated rings. The summed E-state index contributed by atoms with van der Waals surface area (Å²) in [6, 6.07) is 6.74. The van der Waals surface area contributed by atoms with Gasteiger partial charge in [-0.15, -0.1) is 0 Å². The molecular weight excluding hydrogens is 236 g/mol. The zero-order valence-electron chi connectivity index (χ0n) is 12.2. The highest BCUT2D eigenvalue weighted by molar-refractivity contribution is 5.55. The van der Waals surface area contributed by atoms with Crippen LogP contribution in [0.3, 0.4) is 0 Å². The number of nitrogens with zero attached hydrogens (tertiary/aromatic N) is 1. The Morgan fingerprint density at radius 3 is 3.00 bits per heavy atom. The summed E-state index contributed by atoms with van der Waals surface area (Å²) < 4.78 is 0. The van der Waals surface area contributed by atoms with Crippen molar-refractivity contribution in [2.24, 2.45) is 5.92 Å². The molecule has 19 heavy (non-hydrogen) atoms. The standard InChI is InChI=1S/C16H26N2O/c1-3-17-11-15-10-13(2)4-5-16(15)18-8-6-14(12-18)7-9-19/h4-5,10,14,17,19H,3,6-9,11-12H2,1-2H3. The molecule has 0 bridgehead atoms. The summed E-state index contributed by atoms with van der Waals surface area (Å²) in [5.41, 5.74) is 4.08. The van der Waals surface area contributed by atoms with Gasteiger partial charge < -0.3 is 15.3 Å². The number of aliphatic hydroxyl groups is 1. The van der Waals surface area contributed by atoms with Gasteiger partial charge in [0.25, 0.3) is 0 Å². The maximum Gasteiger partial charge on any atom is 0.0434 e. The van der Waals surface area contributed by atoms with E-state index in [0.717, 1.165) is 32.6 Å². The van der Waals surface area contributed by atoms with Crippen LogP contribution in [-0.4, -0.2) is 31.3 Å². The molecule has 1 aliphatic rings. The lowest BCUT2D eigenvalue weighted by atomic mass is 10.1. The molecule has 0 saturated carbocycles. The van der Waals surface area contributed by atoms with Gasteiger partial charge in [-0.3, -0.25) is 0 Å². The number of anilines is 1. The molecule has 1 aromatic rings. The van der Waals surface area contributed by atoms with Crippen molar-refractivity contribution in [1.82, 2.24) is 5.32 Å². The lowest BCUT2D eigenvalue weighted by molar-refractivity contribution is 0.263. The Labute approximate surface area is 116 Å². The van der Waals surface area contributed by atoms with Crippen LogP contribution in [0.15, 0.2) is 18.2 Å². The van der Waals surface area contributed by atoms with E-state index in [1.807, 2.05) is 0 Å². The van der Waals surface area contributed by atoms with E-state index in [-0.39, 0.29) is 0 Å². The monoisotopic (exact) mass is 262 g/mol. The summed E-state index contributed by atoms with van der Waals surface area (Å²) in [7, 11) is 0. The van der Waals surface area contributed by atoms with Gasteiger partial charge in [0, 0.05) is 31.9 Å². The number of nitrogens with one attached hydrogen (secondary N) is 1. The minimum absolute atomic E-state index is 0.316. The Hall–Kier alpha value is -1.06. The van der Waals surface area contributed by atoms with Crippen LogP contribution in [0.5, 0.6) is 0 Å². The van der Waals surface area contributed by atoms with Crippen molar-refractivity contribution in [3.63, 3.8) is 0 Å². The molecule has 2 rings (SSSR count). The highest BCUT2D eigenvalue weighted by Crippen LogP contribution is 2.29. The second-order valence-corrected chi connectivity index (χ2v) is 5.53. The van der Waals surface area contributed by atoms with Gasteiger partial charge in [-0.1, -0.05) is 24.6 Å². The first-order chi connectivity index (χ1) is 9.24. The third-order valence-electron chi connectivity index (χ3n) is 3.96. The van der Waals surface area contributed by atoms with Crippen molar-refractivity contribution in [3.05, 3.63) is 29.3 Å². The topological polar surface area (TPSA) is 35.5 Å². The number of hydrogen-bond donors (Lipinski definition) is 2. The van der Waals surface area contributed by atoms with Crippen molar-refractivity contribution < 1.29 is 5.11 Å². The molecular formula is C16H26N2O. The number of rotatable bonds is 6. The highest BCUT2D eigenvalue weighted by atomic mass is 16.3. The van der Waals surface area contributed by atoms with Gasteiger partial charge >= 0.3 is 0 Å². The second-order valence-electron chi connectivity index (χ2n) is 5.53. The number of benzene rings is 1. The maximum absolute atomic E-state index is 9.06. The van der Waals surface area contributed by atoms with E-state index in [2.05, 4.69) is 42.3 Å². The van der Waals surface area contributed by atoms with Gasteiger partial charge in [-0.25, -0.2) is 0 Å². The van der Waals surface area contributed by atoms with E-state index in [0.29, 0.717) is 12.5 Å². The maximum atomic E-state index is 9.06. The molecule has 3 heteroatoms. The van der Waals surface area contributed by atoms with Crippen molar-refractivity contribution in [1.29, 1.82) is 0 Å². The molecule has 0 aromatic heterocycles. The molecule has 1 unspecified atom stereocenters. The summed E-state index contributed by atoms with van der Waals surface area (Å²) in [4.78, 5) is 2.48. The molecule has 0 radical (unpaired) electrons. The average Bonchev–Trinajstić information content (AvgIpc) is 2.85. The highest BCUT2D eigenvalue weighted by Gasteiger charge is 2.23. The molecule has 0 aliphatic carbocycles. The molecule has 0 spiro atoms. The predicted molar refractivity (Wildman–Crippen MR) is 80.6 cm³/mol. The molecule has 1 aromatic carbocycles. The Morgan fingerprint density at radius 1 is 1.42 bits per heavy atom. The summed E-state index contributed by atoms with van der Waals surface area (Å²) in [6.07, 6.45) is 2.14. The van der Waals surface area contributed by atoms with E-state index in [4.69, 9.17) is 5.11 Å². The Morgan fingerprint density at radius 2 is 2.26 bits per heavy atom. The lowest BCUT2D eigenvalue weighted by Crippen LogP contribution is -2.23. The lowest BCUT2D eigenvalue weighted by Gasteiger charge is -2.23. The van der Waals surface area contributed by atoms with Gasteiger partial charge in [0.2, 0.25) is 0 Å². The second kappa shape index (κ2) is 6.92. The Kier molecular flexibility index (Phi) is 5.23. The Balaban J connectivity index is 2.10. The molecule has 106 valence electrons. The summed E-state index contributed by atoms with van der Waals surface area (Å²) in [6.45, 7) is 8.75. The predicted octanol–water partition coefficient (Wildman–Crippen LogP) is 2.31. The molecule has 1 saturated heterocycles. The minimum atomic E-state index is 0.316. The summed E-state index contributed by atoms with van der Waals surface area (Å²) in [5.74, 6) is 0.651. The first-order valence-corrected chi connectivity index (χ1v) is 7.40.